The van der Waals surface area contributed by atoms with Crippen molar-refractivity contribution in [1.82, 2.24) is 4.90 Å². The maximum atomic E-state index is 13.5. The molecule has 0 spiro atoms. The molecule has 1 aliphatic rings. The van der Waals surface area contributed by atoms with Crippen LogP contribution in [-0.2, 0) is 4.79 Å². The minimum Gasteiger partial charge on any atom is -0.480 e. The second-order valence-corrected chi connectivity index (χ2v) is 5.57. The number of carboxylic acid groups (broad SMARTS) is 1. The number of urea groups is 1. The molecule has 2 amide bonds. The molecule has 0 saturated carbocycles. The average Bonchev–Trinajstić information content (AvgIpc) is 2.76. The second-order valence-electron chi connectivity index (χ2n) is 4.22. The first kappa shape index (κ1) is 14.6. The van der Waals surface area contributed by atoms with Crippen molar-refractivity contribution in [3.8, 4) is 0 Å². The summed E-state index contributed by atoms with van der Waals surface area (Å²) in [6, 6.07) is 1.35. The molecule has 1 aromatic carbocycles. The first-order chi connectivity index (χ1) is 9.41. The molecule has 0 aromatic heterocycles. The van der Waals surface area contributed by atoms with Gasteiger partial charge in [-0.05, 0) is 19.1 Å². The van der Waals surface area contributed by atoms with Crippen LogP contribution in [0.3, 0.4) is 0 Å². The first-order valence-electron chi connectivity index (χ1n) is 5.79. The van der Waals surface area contributed by atoms with Gasteiger partial charge in [0.2, 0.25) is 0 Å². The van der Waals surface area contributed by atoms with Crippen molar-refractivity contribution in [3.05, 3.63) is 29.8 Å². The minimum atomic E-state index is -1.15. The largest absolute Gasteiger partial charge is 0.480 e. The van der Waals surface area contributed by atoms with Gasteiger partial charge in [0.25, 0.3) is 0 Å². The van der Waals surface area contributed by atoms with Crippen molar-refractivity contribution in [1.29, 1.82) is 0 Å². The quantitative estimate of drug-likeness (QED) is 0.880. The Morgan fingerprint density at radius 3 is 2.55 bits per heavy atom. The van der Waals surface area contributed by atoms with Crippen molar-refractivity contribution in [2.45, 2.75) is 18.3 Å². The Morgan fingerprint density at radius 1 is 1.40 bits per heavy atom. The van der Waals surface area contributed by atoms with E-state index in [2.05, 4.69) is 5.32 Å². The highest BCUT2D eigenvalue weighted by molar-refractivity contribution is 8.00. The van der Waals surface area contributed by atoms with E-state index in [-0.39, 0.29) is 11.1 Å². The molecule has 1 heterocycles. The van der Waals surface area contributed by atoms with Gasteiger partial charge in [0, 0.05) is 5.75 Å². The highest BCUT2D eigenvalue weighted by Crippen LogP contribution is 2.30. The summed E-state index contributed by atoms with van der Waals surface area (Å²) in [7, 11) is 0. The average molecular weight is 302 g/mol. The number of aliphatic carboxylic acids is 1. The Labute approximate surface area is 117 Å². The monoisotopic (exact) mass is 302 g/mol. The van der Waals surface area contributed by atoms with E-state index in [4.69, 9.17) is 5.11 Å². The van der Waals surface area contributed by atoms with Gasteiger partial charge in [-0.2, -0.15) is 0 Å². The maximum Gasteiger partial charge on any atom is 0.327 e. The summed E-state index contributed by atoms with van der Waals surface area (Å²) < 4.78 is 26.9. The predicted octanol–water partition coefficient (Wildman–Crippen LogP) is 2.34. The van der Waals surface area contributed by atoms with Crippen LogP contribution in [0.5, 0.6) is 0 Å². The molecule has 20 heavy (non-hydrogen) atoms. The zero-order chi connectivity index (χ0) is 14.9. The zero-order valence-electron chi connectivity index (χ0n) is 10.5. The minimum absolute atomic E-state index is 0.240. The van der Waals surface area contributed by atoms with Crippen molar-refractivity contribution in [2.24, 2.45) is 0 Å². The summed E-state index contributed by atoms with van der Waals surface area (Å²) in [5.41, 5.74) is -0.578. The van der Waals surface area contributed by atoms with Crippen LogP contribution in [0.1, 0.15) is 6.92 Å². The molecule has 1 saturated heterocycles. The number of thioether (sulfide) groups is 1. The van der Waals surface area contributed by atoms with Crippen LogP contribution in [0.4, 0.5) is 19.3 Å². The number of rotatable bonds is 2. The van der Waals surface area contributed by atoms with Gasteiger partial charge in [-0.3, -0.25) is 4.90 Å². The Balaban J connectivity index is 2.21. The molecule has 0 bridgehead atoms. The number of carbonyl (C=O) groups is 2. The predicted molar refractivity (Wildman–Crippen MR) is 70.6 cm³/mol. The van der Waals surface area contributed by atoms with Gasteiger partial charge in [-0.25, -0.2) is 18.4 Å². The highest BCUT2D eigenvalue weighted by Gasteiger charge is 2.39. The van der Waals surface area contributed by atoms with E-state index < -0.39 is 35.4 Å². The molecule has 0 radical (unpaired) electrons. The number of para-hydroxylation sites is 1. The smallest absolute Gasteiger partial charge is 0.327 e. The van der Waals surface area contributed by atoms with E-state index in [1.807, 2.05) is 0 Å². The lowest BCUT2D eigenvalue weighted by atomic mass is 10.2. The fraction of sp³-hybridized carbons (Fsp3) is 0.333. The van der Waals surface area contributed by atoms with Crippen LogP contribution in [0.15, 0.2) is 18.2 Å². The number of hydrogen-bond donors (Lipinski definition) is 2. The number of halogens is 2. The molecular weight excluding hydrogens is 290 g/mol. The SMILES string of the molecule is CC1SCC(C(=O)O)N1C(=O)Nc1c(F)cccc1F. The van der Waals surface area contributed by atoms with Crippen molar-refractivity contribution >= 4 is 29.4 Å². The number of amides is 2. The number of hydrogen-bond acceptors (Lipinski definition) is 3. The molecule has 8 heteroatoms. The fourth-order valence-corrected chi connectivity index (χ4v) is 3.10. The third-order valence-corrected chi connectivity index (χ3v) is 4.15. The molecule has 2 N–H and O–H groups in total. The van der Waals surface area contributed by atoms with Crippen LogP contribution in [0.25, 0.3) is 0 Å². The van der Waals surface area contributed by atoms with E-state index >= 15 is 0 Å². The lowest BCUT2D eigenvalue weighted by Crippen LogP contribution is -2.47. The fourth-order valence-electron chi connectivity index (χ4n) is 1.93. The Hall–Kier alpha value is -1.83. The van der Waals surface area contributed by atoms with Crippen molar-refractivity contribution < 1.29 is 23.5 Å². The van der Waals surface area contributed by atoms with Gasteiger partial charge in [0.05, 0.1) is 5.37 Å². The van der Waals surface area contributed by atoms with Crippen molar-refractivity contribution in [3.63, 3.8) is 0 Å². The molecule has 2 unspecified atom stereocenters. The molecule has 1 aromatic rings. The molecule has 2 atom stereocenters. The summed E-state index contributed by atoms with van der Waals surface area (Å²) in [6.45, 7) is 1.66. The molecule has 0 aliphatic carbocycles. The Bertz CT molecular complexity index is 535. The van der Waals surface area contributed by atoms with Crippen molar-refractivity contribution in [2.75, 3.05) is 11.1 Å². The molecular formula is C12H12F2N2O3S. The van der Waals surface area contributed by atoms with Gasteiger partial charge < -0.3 is 10.4 Å². The van der Waals surface area contributed by atoms with E-state index in [1.54, 1.807) is 6.92 Å². The summed E-state index contributed by atoms with van der Waals surface area (Å²) in [5.74, 6) is -2.73. The van der Waals surface area contributed by atoms with Crippen LogP contribution in [0.2, 0.25) is 0 Å². The van der Waals surface area contributed by atoms with E-state index in [1.165, 1.54) is 17.8 Å². The number of nitrogens with one attached hydrogen (secondary N) is 1. The Kier molecular flexibility index (Phi) is 4.12. The normalized spacial score (nSPS) is 21.9. The summed E-state index contributed by atoms with van der Waals surface area (Å²) >= 11 is 1.29. The third kappa shape index (κ3) is 2.69. The number of carboxylic acids is 1. The van der Waals surface area contributed by atoms with Crippen LogP contribution < -0.4 is 5.32 Å². The van der Waals surface area contributed by atoms with E-state index in [0.29, 0.717) is 0 Å². The van der Waals surface area contributed by atoms with Gasteiger partial charge in [0.1, 0.15) is 23.4 Å². The number of benzene rings is 1. The summed E-state index contributed by atoms with van der Waals surface area (Å²) in [5, 5.41) is 10.8. The Morgan fingerprint density at radius 2 is 2.00 bits per heavy atom. The topological polar surface area (TPSA) is 69.6 Å². The van der Waals surface area contributed by atoms with E-state index in [9.17, 15) is 18.4 Å². The second kappa shape index (κ2) is 5.66. The first-order valence-corrected chi connectivity index (χ1v) is 6.84. The third-order valence-electron chi connectivity index (χ3n) is 2.94. The molecule has 1 fully saturated rings. The lowest BCUT2D eigenvalue weighted by Gasteiger charge is -2.25. The van der Waals surface area contributed by atoms with E-state index in [0.717, 1.165) is 17.0 Å². The lowest BCUT2D eigenvalue weighted by molar-refractivity contribution is -0.141. The molecule has 5 nitrogen and oxygen atoms in total. The standard InChI is InChI=1S/C12H12F2N2O3S/c1-6-16(9(5-20-6)11(17)18)12(19)15-10-7(13)3-2-4-8(10)14/h2-4,6,9H,5H2,1H3,(H,15,19)(H,17,18). The van der Waals surface area contributed by atoms with Crippen LogP contribution in [0, 0.1) is 11.6 Å². The zero-order valence-corrected chi connectivity index (χ0v) is 11.3. The molecule has 108 valence electrons. The molecule has 2 rings (SSSR count). The summed E-state index contributed by atoms with van der Waals surface area (Å²) in [4.78, 5) is 24.2. The number of anilines is 1. The van der Waals surface area contributed by atoms with Gasteiger partial charge >= 0.3 is 12.0 Å². The van der Waals surface area contributed by atoms with Crippen LogP contribution >= 0.6 is 11.8 Å². The number of nitrogens with zero attached hydrogens (tertiary/aromatic N) is 1. The maximum absolute atomic E-state index is 13.5. The van der Waals surface area contributed by atoms with Gasteiger partial charge in [0.15, 0.2) is 0 Å². The highest BCUT2D eigenvalue weighted by atomic mass is 32.2. The number of carbonyl (C=O) groups excluding carboxylic acids is 1. The van der Waals surface area contributed by atoms with Crippen LogP contribution in [-0.4, -0.2) is 39.2 Å². The summed E-state index contributed by atoms with van der Waals surface area (Å²) in [6.07, 6.45) is 0. The molecule has 1 aliphatic heterocycles. The van der Waals surface area contributed by atoms with Gasteiger partial charge in [-0.1, -0.05) is 6.07 Å². The van der Waals surface area contributed by atoms with Gasteiger partial charge in [-0.15, -0.1) is 11.8 Å².